The van der Waals surface area contributed by atoms with Crippen molar-refractivity contribution in [1.82, 2.24) is 5.32 Å². The van der Waals surface area contributed by atoms with Gasteiger partial charge in [-0.25, -0.2) is 0 Å². The third-order valence-corrected chi connectivity index (χ3v) is 4.88. The van der Waals surface area contributed by atoms with Gasteiger partial charge in [-0.15, -0.1) is 0 Å². The van der Waals surface area contributed by atoms with Crippen LogP contribution in [0.4, 0.5) is 5.69 Å². The van der Waals surface area contributed by atoms with Crippen LogP contribution in [0.3, 0.4) is 0 Å². The molecule has 0 amide bonds. The van der Waals surface area contributed by atoms with Gasteiger partial charge >= 0.3 is 102 Å². The first-order valence-corrected chi connectivity index (χ1v) is 6.81. The summed E-state index contributed by atoms with van der Waals surface area (Å²) >= 11 is 1.60. The van der Waals surface area contributed by atoms with Crippen molar-refractivity contribution in [2.24, 2.45) is 5.92 Å². The van der Waals surface area contributed by atoms with Crippen molar-refractivity contribution in [2.75, 3.05) is 25.5 Å². The molecule has 0 bridgehead atoms. The Morgan fingerprint density at radius 2 is 2.27 bits per heavy atom. The first-order chi connectivity index (χ1) is 7.33. The van der Waals surface area contributed by atoms with Crippen LogP contribution in [0.5, 0.6) is 0 Å². The summed E-state index contributed by atoms with van der Waals surface area (Å²) in [4.78, 5) is 0. The maximum atomic E-state index is 3.43. The Labute approximate surface area is 102 Å². The van der Waals surface area contributed by atoms with E-state index in [0.29, 0.717) is 0 Å². The second-order valence-electron chi connectivity index (χ2n) is 3.85. The van der Waals surface area contributed by atoms with Crippen molar-refractivity contribution in [3.05, 3.63) is 29.8 Å². The Kier molecular flexibility index (Phi) is 3.71. The standard InChI is InChI=1S/C12H16N2.W/c1-13-12-5-3-2-4-11(12)8-10-6-7-14-9-10;/h2-5,10,13-14H,6-7,9H2,1H3;. The third kappa shape index (κ3) is 2.38. The Bertz CT molecular complexity index is 356. The molecule has 1 aromatic carbocycles. The van der Waals surface area contributed by atoms with E-state index in [2.05, 4.69) is 34.9 Å². The molecule has 80 valence electrons. The summed E-state index contributed by atoms with van der Waals surface area (Å²) in [6, 6.07) is 8.60. The van der Waals surface area contributed by atoms with Crippen LogP contribution in [-0.2, 0) is 19.4 Å². The fourth-order valence-electron chi connectivity index (χ4n) is 2.01. The molecular formula is C12H16N2W. The summed E-state index contributed by atoms with van der Waals surface area (Å²) in [5, 5.41) is 6.70. The average Bonchev–Trinajstić information content (AvgIpc) is 2.81. The fraction of sp³-hybridized carbons (Fsp3) is 0.417. The Balaban J connectivity index is 2.24. The van der Waals surface area contributed by atoms with Crippen molar-refractivity contribution in [2.45, 2.75) is 6.42 Å². The quantitative estimate of drug-likeness (QED) is 0.839. The van der Waals surface area contributed by atoms with Gasteiger partial charge in [0.25, 0.3) is 0 Å². The van der Waals surface area contributed by atoms with Crippen LogP contribution in [0.15, 0.2) is 24.3 Å². The molecule has 0 aromatic heterocycles. The minimum absolute atomic E-state index is 0.745. The molecule has 2 N–H and O–H groups in total. The molecule has 0 aliphatic carbocycles. The molecular weight excluding hydrogens is 356 g/mol. The van der Waals surface area contributed by atoms with E-state index in [1.54, 1.807) is 23.3 Å². The van der Waals surface area contributed by atoms with Gasteiger partial charge in [0.1, 0.15) is 0 Å². The summed E-state index contributed by atoms with van der Waals surface area (Å²) in [5.74, 6) is 0.745. The number of nitrogens with one attached hydrogen (secondary N) is 2. The number of hydrogen-bond acceptors (Lipinski definition) is 2. The topological polar surface area (TPSA) is 24.1 Å². The molecule has 3 heteroatoms. The molecule has 1 atom stereocenters. The normalized spacial score (nSPS) is 20.2. The summed E-state index contributed by atoms with van der Waals surface area (Å²) < 4.78 is 1.59. The van der Waals surface area contributed by atoms with E-state index >= 15 is 0 Å². The number of benzene rings is 1. The summed E-state index contributed by atoms with van der Waals surface area (Å²) in [7, 11) is 1.99. The molecule has 1 fully saturated rings. The van der Waals surface area contributed by atoms with Gasteiger partial charge in [-0.1, -0.05) is 0 Å². The second-order valence-corrected chi connectivity index (χ2v) is 5.43. The molecule has 1 aliphatic heterocycles. The van der Waals surface area contributed by atoms with E-state index in [1.807, 2.05) is 7.05 Å². The fourth-order valence-corrected chi connectivity index (χ4v) is 3.38. The van der Waals surface area contributed by atoms with Crippen LogP contribution in [0.25, 0.3) is 0 Å². The van der Waals surface area contributed by atoms with Crippen LogP contribution >= 0.6 is 0 Å². The SMILES string of the molecule is CNc1ccccc1[C](=[W])C1CCNC1. The zero-order chi connectivity index (χ0) is 10.7. The monoisotopic (exact) mass is 372 g/mol. The van der Waals surface area contributed by atoms with Gasteiger partial charge in [0.2, 0.25) is 0 Å². The van der Waals surface area contributed by atoms with Gasteiger partial charge in [-0.2, -0.15) is 0 Å². The van der Waals surface area contributed by atoms with Gasteiger partial charge in [0.15, 0.2) is 0 Å². The molecule has 0 spiro atoms. The van der Waals surface area contributed by atoms with E-state index < -0.39 is 0 Å². The zero-order valence-electron chi connectivity index (χ0n) is 8.92. The van der Waals surface area contributed by atoms with Crippen molar-refractivity contribution in [1.29, 1.82) is 0 Å². The number of hydrogen-bond donors (Lipinski definition) is 2. The van der Waals surface area contributed by atoms with Crippen LogP contribution in [0.2, 0.25) is 0 Å². The molecule has 15 heavy (non-hydrogen) atoms. The Morgan fingerprint density at radius 1 is 1.47 bits per heavy atom. The Morgan fingerprint density at radius 3 is 2.93 bits per heavy atom. The summed E-state index contributed by atoms with van der Waals surface area (Å²) in [6.45, 7) is 2.32. The van der Waals surface area contributed by atoms with E-state index in [9.17, 15) is 0 Å². The summed E-state index contributed by atoms with van der Waals surface area (Å²) in [6.07, 6.45) is 1.29. The van der Waals surface area contributed by atoms with Crippen molar-refractivity contribution >= 4 is 9.59 Å². The van der Waals surface area contributed by atoms with E-state index in [-0.39, 0.29) is 0 Å². The van der Waals surface area contributed by atoms with Crippen molar-refractivity contribution in [3.63, 3.8) is 0 Å². The van der Waals surface area contributed by atoms with Gasteiger partial charge in [-0.05, 0) is 0 Å². The maximum absolute atomic E-state index is 3.43. The molecule has 0 radical (unpaired) electrons. The number of para-hydroxylation sites is 1. The predicted molar refractivity (Wildman–Crippen MR) is 61.1 cm³/mol. The molecule has 2 nitrogen and oxygen atoms in total. The van der Waals surface area contributed by atoms with Crippen molar-refractivity contribution in [3.8, 4) is 0 Å². The van der Waals surface area contributed by atoms with Gasteiger partial charge in [0.05, 0.1) is 0 Å². The van der Waals surface area contributed by atoms with E-state index in [0.717, 1.165) is 12.5 Å². The third-order valence-electron chi connectivity index (χ3n) is 2.89. The van der Waals surface area contributed by atoms with Gasteiger partial charge in [0, 0.05) is 0 Å². The Hall–Kier alpha value is -0.462. The second kappa shape index (κ2) is 5.05. The van der Waals surface area contributed by atoms with E-state index in [1.165, 1.54) is 24.2 Å². The molecule has 1 heterocycles. The van der Waals surface area contributed by atoms with Crippen LogP contribution in [-0.4, -0.2) is 24.0 Å². The van der Waals surface area contributed by atoms with E-state index in [4.69, 9.17) is 0 Å². The predicted octanol–water partition coefficient (Wildman–Crippen LogP) is 1.41. The van der Waals surface area contributed by atoms with Gasteiger partial charge in [-0.3, -0.25) is 0 Å². The number of anilines is 1. The first kappa shape index (κ1) is 11.0. The molecule has 1 aromatic rings. The molecule has 1 saturated heterocycles. The molecule has 1 unspecified atom stereocenters. The molecule has 1 aliphatic rings. The van der Waals surface area contributed by atoms with Crippen LogP contribution in [0.1, 0.15) is 12.0 Å². The van der Waals surface area contributed by atoms with Gasteiger partial charge < -0.3 is 0 Å². The van der Waals surface area contributed by atoms with Crippen LogP contribution in [0, 0.1) is 5.92 Å². The zero-order valence-corrected chi connectivity index (χ0v) is 11.8. The molecule has 2 rings (SSSR count). The first-order valence-electron chi connectivity index (χ1n) is 5.34. The van der Waals surface area contributed by atoms with Crippen LogP contribution < -0.4 is 10.6 Å². The minimum atomic E-state index is 0.745. The molecule has 0 saturated carbocycles. The average molecular weight is 372 g/mol. The van der Waals surface area contributed by atoms with Crippen molar-refractivity contribution < 1.29 is 19.4 Å². The summed E-state index contributed by atoms with van der Waals surface area (Å²) in [5.41, 5.74) is 2.66. The number of rotatable bonds is 3.